The molecule has 0 saturated carbocycles. The van der Waals surface area contributed by atoms with E-state index in [1.54, 1.807) is 0 Å². The van der Waals surface area contributed by atoms with Crippen molar-refractivity contribution in [2.45, 2.75) is 51.7 Å². The molecule has 3 unspecified atom stereocenters. The van der Waals surface area contributed by atoms with Gasteiger partial charge in [0.15, 0.2) is 0 Å². The first-order valence-electron chi connectivity index (χ1n) is 6.71. The molecule has 3 atom stereocenters. The van der Waals surface area contributed by atoms with Gasteiger partial charge in [-0.15, -0.1) is 0 Å². The second-order valence-electron chi connectivity index (χ2n) is 5.12. The topological polar surface area (TPSA) is 38.5 Å². The molecule has 1 aliphatic heterocycles. The predicted octanol–water partition coefficient (Wildman–Crippen LogP) is 1.86. The molecule has 1 heterocycles. The third-order valence-electron chi connectivity index (χ3n) is 3.87. The molecule has 2 N–H and O–H groups in total. The van der Waals surface area contributed by atoms with Gasteiger partial charge in [-0.05, 0) is 32.2 Å². The van der Waals surface area contributed by atoms with Crippen molar-refractivity contribution < 1.29 is 4.74 Å². The van der Waals surface area contributed by atoms with E-state index in [9.17, 15) is 0 Å². The molecule has 3 heteroatoms. The van der Waals surface area contributed by atoms with E-state index >= 15 is 0 Å². The molecule has 0 bridgehead atoms. The summed E-state index contributed by atoms with van der Waals surface area (Å²) in [4.78, 5) is 2.39. The quantitative estimate of drug-likeness (QED) is 0.754. The van der Waals surface area contributed by atoms with Crippen LogP contribution in [0.25, 0.3) is 0 Å². The third-order valence-corrected chi connectivity index (χ3v) is 3.87. The molecule has 0 amide bonds. The maximum absolute atomic E-state index is 5.87. The predicted molar refractivity (Wildman–Crippen MR) is 68.5 cm³/mol. The Morgan fingerprint density at radius 1 is 1.44 bits per heavy atom. The molecule has 0 aromatic rings. The van der Waals surface area contributed by atoms with Crippen LogP contribution in [0.2, 0.25) is 0 Å². The Balaban J connectivity index is 2.38. The summed E-state index contributed by atoms with van der Waals surface area (Å²) in [5.74, 6) is 0.665. The van der Waals surface area contributed by atoms with Gasteiger partial charge < -0.3 is 10.5 Å². The Hall–Kier alpha value is -0.120. The van der Waals surface area contributed by atoms with Crippen LogP contribution in [0.15, 0.2) is 0 Å². The van der Waals surface area contributed by atoms with Crippen LogP contribution in [0, 0.1) is 5.92 Å². The number of likely N-dealkylation sites (N-methyl/N-ethyl adjacent to an activating group) is 1. The number of rotatable bonds is 6. The maximum atomic E-state index is 5.87. The molecule has 16 heavy (non-hydrogen) atoms. The van der Waals surface area contributed by atoms with E-state index in [1.807, 2.05) is 0 Å². The Labute approximate surface area is 100 Å². The summed E-state index contributed by atoms with van der Waals surface area (Å²) in [7, 11) is 2.18. The van der Waals surface area contributed by atoms with Crippen molar-refractivity contribution in [3.8, 4) is 0 Å². The van der Waals surface area contributed by atoms with E-state index in [4.69, 9.17) is 10.5 Å². The highest BCUT2D eigenvalue weighted by atomic mass is 16.5. The van der Waals surface area contributed by atoms with Crippen molar-refractivity contribution in [1.29, 1.82) is 0 Å². The largest absolute Gasteiger partial charge is 0.377 e. The molecule has 96 valence electrons. The van der Waals surface area contributed by atoms with Crippen molar-refractivity contribution >= 4 is 0 Å². The highest BCUT2D eigenvalue weighted by Gasteiger charge is 2.23. The summed E-state index contributed by atoms with van der Waals surface area (Å²) >= 11 is 0. The van der Waals surface area contributed by atoms with Crippen LogP contribution in [0.3, 0.4) is 0 Å². The molecule has 0 spiro atoms. The lowest BCUT2D eigenvalue weighted by Crippen LogP contribution is -2.46. The van der Waals surface area contributed by atoms with Gasteiger partial charge in [0, 0.05) is 25.7 Å². The fourth-order valence-electron chi connectivity index (χ4n) is 2.53. The number of nitrogens with zero attached hydrogens (tertiary/aromatic N) is 1. The van der Waals surface area contributed by atoms with Gasteiger partial charge >= 0.3 is 0 Å². The second-order valence-corrected chi connectivity index (χ2v) is 5.12. The Kier molecular flexibility index (Phi) is 6.32. The zero-order valence-electron chi connectivity index (χ0n) is 11.1. The fourth-order valence-corrected chi connectivity index (χ4v) is 2.53. The van der Waals surface area contributed by atoms with E-state index in [-0.39, 0.29) is 0 Å². The normalized spacial score (nSPS) is 25.7. The number of hydrogen-bond acceptors (Lipinski definition) is 3. The summed E-state index contributed by atoms with van der Waals surface area (Å²) < 4.78 is 5.77. The highest BCUT2D eigenvalue weighted by Crippen LogP contribution is 2.17. The zero-order valence-corrected chi connectivity index (χ0v) is 11.1. The maximum Gasteiger partial charge on any atom is 0.0702 e. The molecule has 3 nitrogen and oxygen atoms in total. The summed E-state index contributed by atoms with van der Waals surface area (Å²) in [5.41, 5.74) is 5.87. The van der Waals surface area contributed by atoms with E-state index in [1.165, 1.54) is 25.7 Å². The van der Waals surface area contributed by atoms with E-state index < -0.39 is 0 Å². The van der Waals surface area contributed by atoms with Gasteiger partial charge in [0.05, 0.1) is 6.10 Å². The monoisotopic (exact) mass is 228 g/mol. The molecule has 0 aliphatic carbocycles. The number of hydrogen-bond donors (Lipinski definition) is 1. The third kappa shape index (κ3) is 4.04. The summed E-state index contributed by atoms with van der Waals surface area (Å²) in [6.07, 6.45) is 5.37. The molecule has 1 rings (SSSR count). The van der Waals surface area contributed by atoms with E-state index in [0.29, 0.717) is 18.1 Å². The minimum Gasteiger partial charge on any atom is -0.377 e. The van der Waals surface area contributed by atoms with E-state index in [0.717, 1.165) is 19.7 Å². The minimum atomic E-state index is 0.428. The summed E-state index contributed by atoms with van der Waals surface area (Å²) in [5, 5.41) is 0. The molecule has 1 aliphatic rings. The van der Waals surface area contributed by atoms with Crippen LogP contribution in [-0.4, -0.2) is 43.8 Å². The van der Waals surface area contributed by atoms with Crippen LogP contribution in [-0.2, 0) is 4.74 Å². The number of nitrogens with two attached hydrogens (primary N) is 1. The van der Waals surface area contributed by atoms with Gasteiger partial charge in [0.2, 0.25) is 0 Å². The van der Waals surface area contributed by atoms with Crippen molar-refractivity contribution in [3.63, 3.8) is 0 Å². The average Bonchev–Trinajstić information content (AvgIpc) is 2.31. The average molecular weight is 228 g/mol. The lowest BCUT2D eigenvalue weighted by atomic mass is 9.97. The number of ether oxygens (including phenoxy) is 1. The first-order chi connectivity index (χ1) is 7.69. The Bertz CT molecular complexity index is 181. The Morgan fingerprint density at radius 3 is 2.69 bits per heavy atom. The van der Waals surface area contributed by atoms with Crippen molar-refractivity contribution in [2.24, 2.45) is 11.7 Å². The molecule has 1 saturated heterocycles. The van der Waals surface area contributed by atoms with Crippen molar-refractivity contribution in [3.05, 3.63) is 0 Å². The first kappa shape index (κ1) is 13.9. The highest BCUT2D eigenvalue weighted by molar-refractivity contribution is 4.78. The van der Waals surface area contributed by atoms with Crippen LogP contribution < -0.4 is 5.73 Å². The molecule has 0 aromatic carbocycles. The van der Waals surface area contributed by atoms with Gasteiger partial charge in [0.25, 0.3) is 0 Å². The smallest absolute Gasteiger partial charge is 0.0702 e. The molecule has 1 fully saturated rings. The van der Waals surface area contributed by atoms with Gasteiger partial charge in [-0.3, -0.25) is 4.90 Å². The van der Waals surface area contributed by atoms with Crippen LogP contribution >= 0.6 is 0 Å². The minimum absolute atomic E-state index is 0.428. The van der Waals surface area contributed by atoms with Crippen LogP contribution in [0.1, 0.15) is 39.5 Å². The van der Waals surface area contributed by atoms with Gasteiger partial charge in [-0.2, -0.15) is 0 Å². The van der Waals surface area contributed by atoms with Gasteiger partial charge in [-0.1, -0.05) is 20.3 Å². The zero-order chi connectivity index (χ0) is 12.0. The molecular formula is C13H28N2O. The van der Waals surface area contributed by atoms with Gasteiger partial charge in [0.1, 0.15) is 0 Å². The second kappa shape index (κ2) is 7.25. The summed E-state index contributed by atoms with van der Waals surface area (Å²) in [6.45, 7) is 7.24. The summed E-state index contributed by atoms with van der Waals surface area (Å²) in [6, 6.07) is 0.496. The lowest BCUT2D eigenvalue weighted by molar-refractivity contribution is -0.0116. The Morgan fingerprint density at radius 2 is 2.19 bits per heavy atom. The SMILES string of the molecule is CCC(C)C(CN)N(C)CC1CCCCO1. The van der Waals surface area contributed by atoms with Crippen LogP contribution in [0.4, 0.5) is 0 Å². The standard InChI is InChI=1S/C13H28N2O/c1-4-11(2)13(9-14)15(3)10-12-7-5-6-8-16-12/h11-13H,4-10,14H2,1-3H3. The first-order valence-corrected chi connectivity index (χ1v) is 6.71. The van der Waals surface area contributed by atoms with Crippen LogP contribution in [0.5, 0.6) is 0 Å². The molecule has 0 aromatic heterocycles. The molecular weight excluding hydrogens is 200 g/mol. The van der Waals surface area contributed by atoms with Gasteiger partial charge in [-0.25, -0.2) is 0 Å². The fraction of sp³-hybridized carbons (Fsp3) is 1.00. The van der Waals surface area contributed by atoms with Crippen molar-refractivity contribution in [1.82, 2.24) is 4.90 Å². The van der Waals surface area contributed by atoms with E-state index in [2.05, 4.69) is 25.8 Å². The van der Waals surface area contributed by atoms with Crippen molar-refractivity contribution in [2.75, 3.05) is 26.7 Å². The lowest BCUT2D eigenvalue weighted by Gasteiger charge is -2.35. The molecule has 0 radical (unpaired) electrons.